The molecular weight excluding hydrogens is 433 g/mol. The summed E-state index contributed by atoms with van der Waals surface area (Å²) in [4.78, 5) is 11.1. The summed E-state index contributed by atoms with van der Waals surface area (Å²) in [5.41, 5.74) is -3.36. The van der Waals surface area contributed by atoms with Crippen LogP contribution in [0.25, 0.3) is 33.0 Å². The van der Waals surface area contributed by atoms with Gasteiger partial charge in [-0.15, -0.1) is 0 Å². The second-order valence-electron chi connectivity index (χ2n) is 6.85. The van der Waals surface area contributed by atoms with Crippen LogP contribution in [0.2, 0.25) is 0 Å². The van der Waals surface area contributed by atoms with Crippen LogP contribution in [0, 0.1) is 0 Å². The predicted molar refractivity (Wildman–Crippen MR) is 108 cm³/mol. The monoisotopic (exact) mass is 446 g/mol. The van der Waals surface area contributed by atoms with Crippen molar-refractivity contribution in [3.05, 3.63) is 66.5 Å². The fourth-order valence-electron chi connectivity index (χ4n) is 3.52. The van der Waals surface area contributed by atoms with Crippen molar-refractivity contribution in [1.82, 2.24) is 19.5 Å². The molecule has 3 aromatic heterocycles. The molecule has 0 atom stereocenters. The standard InChI is InChI=1S/C20H13F3N4O3S/c21-20(22,23)31(28,29)30-19-16-15(13-8-4-5-9-14(13)25-16)17-18(26-19)24-11-27(17)10-12-6-2-1-3-7-12/h1-9,11,25H,10H2. The Morgan fingerprint density at radius 1 is 1.03 bits per heavy atom. The maximum Gasteiger partial charge on any atom is 0.534 e. The second kappa shape index (κ2) is 6.71. The summed E-state index contributed by atoms with van der Waals surface area (Å²) in [5, 5.41) is 1.15. The summed E-state index contributed by atoms with van der Waals surface area (Å²) in [6.07, 6.45) is 1.51. The second-order valence-corrected chi connectivity index (χ2v) is 8.39. The van der Waals surface area contributed by atoms with E-state index in [1.54, 1.807) is 24.3 Å². The molecule has 158 valence electrons. The average Bonchev–Trinajstić information content (AvgIpc) is 3.29. The third-order valence-corrected chi connectivity index (χ3v) is 5.79. The van der Waals surface area contributed by atoms with Gasteiger partial charge in [0.15, 0.2) is 5.65 Å². The Labute approximate surface area is 173 Å². The number of H-pyrrole nitrogens is 1. The number of pyridine rings is 1. The van der Waals surface area contributed by atoms with E-state index in [4.69, 9.17) is 0 Å². The molecule has 0 aliphatic rings. The van der Waals surface area contributed by atoms with Gasteiger partial charge >= 0.3 is 15.6 Å². The van der Waals surface area contributed by atoms with E-state index < -0.39 is 21.5 Å². The van der Waals surface area contributed by atoms with E-state index in [1.165, 1.54) is 6.33 Å². The van der Waals surface area contributed by atoms with Gasteiger partial charge in [-0.3, -0.25) is 0 Å². The highest BCUT2D eigenvalue weighted by Crippen LogP contribution is 2.38. The van der Waals surface area contributed by atoms with Crippen molar-refractivity contribution >= 4 is 43.1 Å². The van der Waals surface area contributed by atoms with Gasteiger partial charge in [-0.25, -0.2) is 4.98 Å². The lowest BCUT2D eigenvalue weighted by molar-refractivity contribution is -0.0500. The maximum atomic E-state index is 12.9. The van der Waals surface area contributed by atoms with Crippen molar-refractivity contribution in [1.29, 1.82) is 0 Å². The van der Waals surface area contributed by atoms with Crippen molar-refractivity contribution in [3.63, 3.8) is 0 Å². The number of nitrogens with zero attached hydrogens (tertiary/aromatic N) is 3. The van der Waals surface area contributed by atoms with Crippen molar-refractivity contribution in [2.45, 2.75) is 12.1 Å². The molecular formula is C20H13F3N4O3S. The molecule has 0 saturated carbocycles. The van der Waals surface area contributed by atoms with Gasteiger partial charge in [-0.2, -0.15) is 26.6 Å². The van der Waals surface area contributed by atoms with Crippen LogP contribution in [0.3, 0.4) is 0 Å². The van der Waals surface area contributed by atoms with Gasteiger partial charge in [-0.1, -0.05) is 48.5 Å². The quantitative estimate of drug-likeness (QED) is 0.328. The van der Waals surface area contributed by atoms with Gasteiger partial charge < -0.3 is 13.7 Å². The molecule has 2 aromatic carbocycles. The van der Waals surface area contributed by atoms with Crippen molar-refractivity contribution in [2.75, 3.05) is 0 Å². The molecule has 1 N–H and O–H groups in total. The summed E-state index contributed by atoms with van der Waals surface area (Å²) in [7, 11) is -5.91. The number of hydrogen-bond donors (Lipinski definition) is 1. The smallest absolute Gasteiger partial charge is 0.353 e. The largest absolute Gasteiger partial charge is 0.534 e. The van der Waals surface area contributed by atoms with Crippen LogP contribution < -0.4 is 4.18 Å². The van der Waals surface area contributed by atoms with Gasteiger partial charge in [-0.05, 0) is 11.6 Å². The molecule has 0 saturated heterocycles. The Hall–Kier alpha value is -3.60. The Morgan fingerprint density at radius 3 is 2.48 bits per heavy atom. The summed E-state index contributed by atoms with van der Waals surface area (Å²) in [6, 6.07) is 16.5. The number of alkyl halides is 3. The number of nitrogens with one attached hydrogen (secondary N) is 1. The van der Waals surface area contributed by atoms with E-state index in [-0.39, 0.29) is 11.2 Å². The lowest BCUT2D eigenvalue weighted by Crippen LogP contribution is -2.28. The molecule has 0 amide bonds. The first-order valence-corrected chi connectivity index (χ1v) is 10.5. The summed E-state index contributed by atoms with van der Waals surface area (Å²) in [6.45, 7) is 0.439. The Morgan fingerprint density at radius 2 is 1.74 bits per heavy atom. The fourth-order valence-corrected chi connectivity index (χ4v) is 3.94. The predicted octanol–water partition coefficient (Wildman–Crippen LogP) is 4.34. The summed E-state index contributed by atoms with van der Waals surface area (Å²) < 4.78 is 68.2. The first-order chi connectivity index (χ1) is 14.7. The zero-order valence-corrected chi connectivity index (χ0v) is 16.4. The molecule has 0 aliphatic carbocycles. The number of aromatic amines is 1. The van der Waals surface area contributed by atoms with E-state index in [9.17, 15) is 21.6 Å². The number of rotatable bonds is 4. The van der Waals surface area contributed by atoms with E-state index >= 15 is 0 Å². The van der Waals surface area contributed by atoms with Gasteiger partial charge in [0, 0.05) is 22.8 Å². The number of imidazole rings is 1. The molecule has 0 unspecified atom stereocenters. The van der Waals surface area contributed by atoms with E-state index in [0.717, 1.165) is 5.56 Å². The maximum absolute atomic E-state index is 12.9. The Kier molecular flexibility index (Phi) is 4.19. The van der Waals surface area contributed by atoms with Crippen molar-refractivity contribution < 1.29 is 25.8 Å². The van der Waals surface area contributed by atoms with E-state index in [2.05, 4.69) is 19.1 Å². The van der Waals surface area contributed by atoms with Gasteiger partial charge in [0.25, 0.3) is 5.88 Å². The average molecular weight is 446 g/mol. The van der Waals surface area contributed by atoms with E-state index in [0.29, 0.717) is 28.4 Å². The molecule has 5 rings (SSSR count). The highest BCUT2D eigenvalue weighted by molar-refractivity contribution is 7.88. The van der Waals surface area contributed by atoms with Gasteiger partial charge in [0.1, 0.15) is 5.52 Å². The number of aromatic nitrogens is 4. The highest BCUT2D eigenvalue weighted by Gasteiger charge is 2.49. The molecule has 5 aromatic rings. The van der Waals surface area contributed by atoms with Crippen LogP contribution in [-0.4, -0.2) is 33.4 Å². The molecule has 11 heteroatoms. The number of hydrogen-bond acceptors (Lipinski definition) is 5. The summed E-state index contributed by atoms with van der Waals surface area (Å²) >= 11 is 0. The topological polar surface area (TPSA) is 89.9 Å². The molecule has 0 spiro atoms. The molecule has 31 heavy (non-hydrogen) atoms. The zero-order valence-electron chi connectivity index (χ0n) is 15.6. The number of para-hydroxylation sites is 1. The first-order valence-electron chi connectivity index (χ1n) is 9.04. The fraction of sp³-hybridized carbons (Fsp3) is 0.100. The van der Waals surface area contributed by atoms with Crippen LogP contribution in [-0.2, 0) is 16.7 Å². The summed E-state index contributed by atoms with van der Waals surface area (Å²) in [5.74, 6) is -0.707. The normalized spacial score (nSPS) is 12.7. The number of halogens is 3. The lowest BCUT2D eigenvalue weighted by atomic mass is 10.1. The lowest BCUT2D eigenvalue weighted by Gasteiger charge is -2.10. The molecule has 0 aliphatic heterocycles. The minimum absolute atomic E-state index is 0.0383. The van der Waals surface area contributed by atoms with Gasteiger partial charge in [0.05, 0.1) is 11.8 Å². The zero-order chi connectivity index (χ0) is 21.8. The minimum atomic E-state index is -5.91. The van der Waals surface area contributed by atoms with E-state index in [1.807, 2.05) is 34.9 Å². The van der Waals surface area contributed by atoms with Crippen LogP contribution >= 0.6 is 0 Å². The van der Waals surface area contributed by atoms with Crippen LogP contribution in [0.5, 0.6) is 5.88 Å². The molecule has 0 fully saturated rings. The molecule has 0 radical (unpaired) electrons. The molecule has 3 heterocycles. The third-order valence-electron chi connectivity index (χ3n) is 4.85. The SMILES string of the molecule is O=S(=O)(Oc1nc2ncn(Cc3ccccc3)c2c2c1[nH]c1ccccc12)C(F)(F)F. The van der Waals surface area contributed by atoms with Crippen molar-refractivity contribution in [3.8, 4) is 5.88 Å². The first kappa shape index (κ1) is 19.4. The van der Waals surface area contributed by atoms with Crippen LogP contribution in [0.4, 0.5) is 13.2 Å². The Balaban J connectivity index is 1.79. The van der Waals surface area contributed by atoms with Gasteiger partial charge in [0.2, 0.25) is 0 Å². The number of benzene rings is 2. The molecule has 0 bridgehead atoms. The minimum Gasteiger partial charge on any atom is -0.353 e. The Bertz CT molecular complexity index is 1540. The van der Waals surface area contributed by atoms with Crippen molar-refractivity contribution in [2.24, 2.45) is 0 Å². The third kappa shape index (κ3) is 3.17. The highest BCUT2D eigenvalue weighted by atomic mass is 32.2. The van der Waals surface area contributed by atoms with Crippen LogP contribution in [0.1, 0.15) is 5.56 Å². The number of fused-ring (bicyclic) bond motifs is 5. The molecule has 7 nitrogen and oxygen atoms in total. The van der Waals surface area contributed by atoms with Crippen LogP contribution in [0.15, 0.2) is 60.9 Å².